The molecule has 0 saturated carbocycles. The van der Waals surface area contributed by atoms with Crippen molar-refractivity contribution in [3.63, 3.8) is 0 Å². The highest BCUT2D eigenvalue weighted by molar-refractivity contribution is 5.92. The number of carbonyl (C=O) groups excluding carboxylic acids is 1. The number of aryl methyl sites for hydroxylation is 1. The Morgan fingerprint density at radius 2 is 1.80 bits per heavy atom. The number of anilines is 1. The summed E-state index contributed by atoms with van der Waals surface area (Å²) >= 11 is 0. The summed E-state index contributed by atoms with van der Waals surface area (Å²) in [5.41, 5.74) is 0.991. The summed E-state index contributed by atoms with van der Waals surface area (Å²) in [6.07, 6.45) is 0. The maximum Gasteiger partial charge on any atom is 0.312 e. The lowest BCUT2D eigenvalue weighted by atomic mass is 10.2. The first-order valence-electron chi connectivity index (χ1n) is 9.37. The van der Waals surface area contributed by atoms with E-state index in [0.29, 0.717) is 29.5 Å². The van der Waals surface area contributed by atoms with E-state index in [1.54, 1.807) is 62.4 Å². The highest BCUT2D eigenvalue weighted by Gasteiger charge is 2.23. The fourth-order valence-corrected chi connectivity index (χ4v) is 2.99. The lowest BCUT2D eigenvalue weighted by Crippen LogP contribution is -2.20. The maximum absolute atomic E-state index is 12.5. The molecule has 3 rings (SSSR count). The van der Waals surface area contributed by atoms with Gasteiger partial charge in [-0.25, -0.2) is 0 Å². The van der Waals surface area contributed by atoms with Gasteiger partial charge in [0.15, 0.2) is 5.75 Å². The average molecular weight is 410 g/mol. The first-order valence-corrected chi connectivity index (χ1v) is 9.37. The number of nitrogens with one attached hydrogen (secondary N) is 1. The van der Waals surface area contributed by atoms with Crippen LogP contribution < -0.4 is 14.8 Å². The van der Waals surface area contributed by atoms with Crippen LogP contribution in [0.4, 0.5) is 11.4 Å². The lowest BCUT2D eigenvalue weighted by molar-refractivity contribution is -0.386. The third-order valence-electron chi connectivity index (χ3n) is 4.34. The zero-order valence-electron chi connectivity index (χ0n) is 16.9. The summed E-state index contributed by atoms with van der Waals surface area (Å²) in [6.45, 7) is 5.44. The van der Waals surface area contributed by atoms with Crippen molar-refractivity contribution < 1.29 is 19.2 Å². The smallest absolute Gasteiger partial charge is 0.312 e. The van der Waals surface area contributed by atoms with E-state index in [-0.39, 0.29) is 23.8 Å². The fraction of sp³-hybridized carbons (Fsp3) is 0.238. The number of para-hydroxylation sites is 2. The van der Waals surface area contributed by atoms with Gasteiger partial charge in [-0.05, 0) is 57.2 Å². The van der Waals surface area contributed by atoms with Gasteiger partial charge in [0.05, 0.1) is 17.2 Å². The highest BCUT2D eigenvalue weighted by Crippen LogP contribution is 2.30. The van der Waals surface area contributed by atoms with Crippen LogP contribution in [0.5, 0.6) is 17.2 Å². The van der Waals surface area contributed by atoms with E-state index in [1.165, 1.54) is 4.68 Å². The van der Waals surface area contributed by atoms with Gasteiger partial charge in [-0.15, -0.1) is 0 Å². The molecule has 0 aliphatic rings. The second-order valence-corrected chi connectivity index (χ2v) is 6.49. The van der Waals surface area contributed by atoms with Crippen LogP contribution in [-0.2, 0) is 11.3 Å². The van der Waals surface area contributed by atoms with E-state index in [9.17, 15) is 14.9 Å². The lowest BCUT2D eigenvalue weighted by Gasteiger charge is -2.13. The van der Waals surface area contributed by atoms with Gasteiger partial charge < -0.3 is 14.8 Å². The number of rotatable bonds is 8. The van der Waals surface area contributed by atoms with Crippen LogP contribution >= 0.6 is 0 Å². The zero-order valence-corrected chi connectivity index (χ0v) is 16.9. The number of nitro groups is 1. The average Bonchev–Trinajstić information content (AvgIpc) is 2.98. The standard InChI is InChI=1S/C21H22N4O5/c1-4-29-16-9-11-17(12-10-16)30-19-8-6-5-7-18(19)22-20(26)13-24-15(3)21(25(27)28)14(2)23-24/h5-12H,4,13H2,1-3H3,(H,22,26). The van der Waals surface area contributed by atoms with E-state index in [0.717, 1.165) is 5.75 Å². The molecule has 1 amide bonds. The largest absolute Gasteiger partial charge is 0.494 e. The van der Waals surface area contributed by atoms with E-state index < -0.39 is 4.92 Å². The highest BCUT2D eigenvalue weighted by atomic mass is 16.6. The van der Waals surface area contributed by atoms with Gasteiger partial charge in [-0.3, -0.25) is 19.6 Å². The maximum atomic E-state index is 12.5. The third kappa shape index (κ3) is 4.75. The number of nitrogens with zero attached hydrogens (tertiary/aromatic N) is 3. The molecule has 0 saturated heterocycles. The predicted octanol–water partition coefficient (Wildman–Crippen LogP) is 4.24. The molecule has 0 aliphatic heterocycles. The zero-order chi connectivity index (χ0) is 21.7. The summed E-state index contributed by atoms with van der Waals surface area (Å²) in [5, 5.41) is 18.0. The molecule has 0 bridgehead atoms. The first kappa shape index (κ1) is 20.8. The topological polar surface area (TPSA) is 109 Å². The number of hydrogen-bond acceptors (Lipinski definition) is 6. The number of benzene rings is 2. The van der Waals surface area contributed by atoms with Crippen molar-refractivity contribution in [1.82, 2.24) is 9.78 Å². The van der Waals surface area contributed by atoms with Gasteiger partial charge in [0, 0.05) is 0 Å². The van der Waals surface area contributed by atoms with E-state index in [2.05, 4.69) is 10.4 Å². The van der Waals surface area contributed by atoms with Gasteiger partial charge in [0.25, 0.3) is 0 Å². The van der Waals surface area contributed by atoms with E-state index in [1.807, 2.05) is 6.92 Å². The molecular formula is C21H22N4O5. The summed E-state index contributed by atoms with van der Waals surface area (Å²) in [4.78, 5) is 23.2. The van der Waals surface area contributed by atoms with Crippen LogP contribution in [0.2, 0.25) is 0 Å². The van der Waals surface area contributed by atoms with Crippen molar-refractivity contribution in [2.75, 3.05) is 11.9 Å². The minimum Gasteiger partial charge on any atom is -0.494 e. The molecule has 0 unspecified atom stereocenters. The van der Waals surface area contributed by atoms with Crippen LogP contribution in [0.1, 0.15) is 18.3 Å². The minimum absolute atomic E-state index is 0.0815. The van der Waals surface area contributed by atoms with Crippen molar-refractivity contribution in [2.45, 2.75) is 27.3 Å². The number of aromatic nitrogens is 2. The summed E-state index contributed by atoms with van der Waals surface area (Å²) in [5.74, 6) is 1.42. The van der Waals surface area contributed by atoms with Gasteiger partial charge in [-0.2, -0.15) is 5.10 Å². The van der Waals surface area contributed by atoms with Crippen molar-refractivity contribution in [2.24, 2.45) is 0 Å². The Kier molecular flexibility index (Phi) is 6.31. The molecule has 1 heterocycles. The molecule has 0 atom stereocenters. The van der Waals surface area contributed by atoms with E-state index in [4.69, 9.17) is 9.47 Å². The molecule has 0 aliphatic carbocycles. The third-order valence-corrected chi connectivity index (χ3v) is 4.34. The number of hydrogen-bond donors (Lipinski definition) is 1. The monoisotopic (exact) mass is 410 g/mol. The van der Waals surface area contributed by atoms with Crippen LogP contribution in [0, 0.1) is 24.0 Å². The Balaban J connectivity index is 1.72. The Morgan fingerprint density at radius 1 is 1.13 bits per heavy atom. The molecular weight excluding hydrogens is 388 g/mol. The van der Waals surface area contributed by atoms with Crippen LogP contribution in [-0.4, -0.2) is 27.2 Å². The molecule has 0 radical (unpaired) electrons. The Morgan fingerprint density at radius 3 is 2.43 bits per heavy atom. The molecule has 9 nitrogen and oxygen atoms in total. The summed E-state index contributed by atoms with van der Waals surface area (Å²) < 4.78 is 12.6. The molecule has 0 fully saturated rings. The van der Waals surface area contributed by atoms with Gasteiger partial charge in [-0.1, -0.05) is 12.1 Å². The molecule has 156 valence electrons. The number of carbonyl (C=O) groups is 1. The molecule has 1 N–H and O–H groups in total. The Bertz CT molecular complexity index is 1060. The van der Waals surface area contributed by atoms with Crippen molar-refractivity contribution in [3.05, 3.63) is 70.0 Å². The molecule has 2 aromatic carbocycles. The molecule has 1 aromatic heterocycles. The molecule has 0 spiro atoms. The van der Waals surface area contributed by atoms with Crippen molar-refractivity contribution in [3.8, 4) is 17.2 Å². The summed E-state index contributed by atoms with van der Waals surface area (Å²) in [7, 11) is 0. The van der Waals surface area contributed by atoms with Gasteiger partial charge in [0.2, 0.25) is 5.91 Å². The normalized spacial score (nSPS) is 10.5. The quantitative estimate of drug-likeness (QED) is 0.439. The van der Waals surface area contributed by atoms with Crippen molar-refractivity contribution >= 4 is 17.3 Å². The van der Waals surface area contributed by atoms with Crippen LogP contribution in [0.15, 0.2) is 48.5 Å². The number of amides is 1. The second kappa shape index (κ2) is 9.08. The summed E-state index contributed by atoms with van der Waals surface area (Å²) in [6, 6.07) is 14.2. The minimum atomic E-state index is -0.494. The van der Waals surface area contributed by atoms with Crippen molar-refractivity contribution in [1.29, 1.82) is 0 Å². The van der Waals surface area contributed by atoms with E-state index >= 15 is 0 Å². The number of ether oxygens (including phenoxy) is 2. The molecule has 9 heteroatoms. The first-order chi connectivity index (χ1) is 14.4. The SMILES string of the molecule is CCOc1ccc(Oc2ccccc2NC(=O)Cn2nc(C)c([N+](=O)[O-])c2C)cc1. The Labute approximate surface area is 173 Å². The van der Waals surface area contributed by atoms with Crippen LogP contribution in [0.25, 0.3) is 0 Å². The second-order valence-electron chi connectivity index (χ2n) is 6.49. The molecule has 3 aromatic rings. The van der Waals surface area contributed by atoms with Crippen LogP contribution in [0.3, 0.4) is 0 Å². The Hall–Kier alpha value is -3.88. The van der Waals surface area contributed by atoms with Gasteiger partial charge in [0.1, 0.15) is 29.4 Å². The predicted molar refractivity (Wildman–Crippen MR) is 111 cm³/mol. The fourth-order valence-electron chi connectivity index (χ4n) is 2.99. The van der Waals surface area contributed by atoms with Gasteiger partial charge >= 0.3 is 5.69 Å². The molecule has 30 heavy (non-hydrogen) atoms.